The van der Waals surface area contributed by atoms with E-state index in [2.05, 4.69) is 5.10 Å². The van der Waals surface area contributed by atoms with E-state index in [1.54, 1.807) is 21.3 Å². The van der Waals surface area contributed by atoms with Crippen molar-refractivity contribution in [2.24, 2.45) is 5.10 Å². The van der Waals surface area contributed by atoms with Crippen LogP contribution in [0.25, 0.3) is 0 Å². The first kappa shape index (κ1) is 17.8. The molecule has 2 aromatic carbocycles. The molecule has 0 spiro atoms. The van der Waals surface area contributed by atoms with Gasteiger partial charge in [0.1, 0.15) is 17.2 Å². The number of carbonyl (C=O) groups excluding carboxylic acids is 1. The van der Waals surface area contributed by atoms with E-state index in [1.165, 1.54) is 11.9 Å². The normalized spacial score (nSPS) is 16.2. The van der Waals surface area contributed by atoms with Crippen molar-refractivity contribution in [2.45, 2.75) is 19.4 Å². The highest BCUT2D eigenvalue weighted by Crippen LogP contribution is 2.43. The summed E-state index contributed by atoms with van der Waals surface area (Å²) in [6.07, 6.45) is 0.538. The molecule has 0 radical (unpaired) electrons. The molecule has 1 aliphatic rings. The predicted octanol–water partition coefficient (Wildman–Crippen LogP) is 3.41. The van der Waals surface area contributed by atoms with Crippen LogP contribution >= 0.6 is 0 Å². The van der Waals surface area contributed by atoms with E-state index in [0.29, 0.717) is 17.9 Å². The predicted molar refractivity (Wildman–Crippen MR) is 99.0 cm³/mol. The minimum Gasteiger partial charge on any atom is -0.496 e. The van der Waals surface area contributed by atoms with Crippen LogP contribution in [0.1, 0.15) is 30.5 Å². The zero-order valence-electron chi connectivity index (χ0n) is 15.4. The molecule has 1 heterocycles. The number of para-hydroxylation sites is 1. The van der Waals surface area contributed by atoms with Gasteiger partial charge in [0.25, 0.3) is 0 Å². The maximum Gasteiger partial charge on any atom is 0.240 e. The molecule has 0 N–H and O–H groups in total. The molecular formula is C20H22N2O4. The molecule has 0 fully saturated rings. The lowest BCUT2D eigenvalue weighted by Crippen LogP contribution is -2.25. The molecule has 136 valence electrons. The third-order valence-corrected chi connectivity index (χ3v) is 4.45. The number of methoxy groups -OCH3 is 3. The topological polar surface area (TPSA) is 60.4 Å². The summed E-state index contributed by atoms with van der Waals surface area (Å²) in [6, 6.07) is 12.9. The fraction of sp³-hybridized carbons (Fsp3) is 0.300. The molecule has 1 aliphatic heterocycles. The molecule has 2 aromatic rings. The summed E-state index contributed by atoms with van der Waals surface area (Å²) in [7, 11) is 4.83. The molecule has 6 nitrogen and oxygen atoms in total. The van der Waals surface area contributed by atoms with Gasteiger partial charge in [-0.1, -0.05) is 18.2 Å². The van der Waals surface area contributed by atoms with E-state index >= 15 is 0 Å². The van der Waals surface area contributed by atoms with Gasteiger partial charge in [-0.3, -0.25) is 4.79 Å². The van der Waals surface area contributed by atoms with Crippen molar-refractivity contribution in [2.75, 3.05) is 21.3 Å². The lowest BCUT2D eigenvalue weighted by molar-refractivity contribution is -0.130. The number of hydrogen-bond acceptors (Lipinski definition) is 5. The van der Waals surface area contributed by atoms with Gasteiger partial charge in [-0.05, 0) is 24.3 Å². The second-order valence-electron chi connectivity index (χ2n) is 5.91. The number of rotatable bonds is 5. The Morgan fingerprint density at radius 1 is 0.962 bits per heavy atom. The molecule has 1 amide bonds. The highest BCUT2D eigenvalue weighted by atomic mass is 16.5. The largest absolute Gasteiger partial charge is 0.496 e. The Morgan fingerprint density at radius 3 is 2.12 bits per heavy atom. The summed E-state index contributed by atoms with van der Waals surface area (Å²) < 4.78 is 16.5. The van der Waals surface area contributed by atoms with Crippen LogP contribution in [0.15, 0.2) is 47.6 Å². The van der Waals surface area contributed by atoms with Crippen molar-refractivity contribution in [3.63, 3.8) is 0 Å². The van der Waals surface area contributed by atoms with Crippen LogP contribution in [0, 0.1) is 0 Å². The minimum atomic E-state index is -0.307. The fourth-order valence-corrected chi connectivity index (χ4v) is 3.28. The van der Waals surface area contributed by atoms with Gasteiger partial charge in [0, 0.05) is 18.9 Å². The first-order valence-electron chi connectivity index (χ1n) is 8.32. The number of benzene rings is 2. The summed E-state index contributed by atoms with van der Waals surface area (Å²) in [5.74, 6) is 1.91. The summed E-state index contributed by atoms with van der Waals surface area (Å²) in [5.41, 5.74) is 2.47. The van der Waals surface area contributed by atoms with E-state index in [0.717, 1.165) is 22.6 Å². The molecule has 0 aromatic heterocycles. The lowest BCUT2D eigenvalue weighted by Gasteiger charge is -2.24. The standard InChI is InChI=1S/C20H22N2O4/c1-13(23)22-16(20-18(25-3)10-7-11-19(20)26-4)12-15(21-22)14-8-5-6-9-17(14)24-2/h5-11,16H,12H2,1-4H3/t16-/m0/s1. The van der Waals surface area contributed by atoms with Crippen molar-refractivity contribution in [1.29, 1.82) is 0 Å². The monoisotopic (exact) mass is 354 g/mol. The number of nitrogens with zero attached hydrogens (tertiary/aromatic N) is 2. The SMILES string of the molecule is COc1ccccc1C1=NN(C(C)=O)[C@H](c2c(OC)cccc2OC)C1. The van der Waals surface area contributed by atoms with Crippen LogP contribution in [-0.4, -0.2) is 38.0 Å². The van der Waals surface area contributed by atoms with Crippen LogP contribution in [0.3, 0.4) is 0 Å². The van der Waals surface area contributed by atoms with Crippen molar-refractivity contribution in [3.05, 3.63) is 53.6 Å². The Balaban J connectivity index is 2.07. The molecule has 6 heteroatoms. The molecule has 0 bridgehead atoms. The molecular weight excluding hydrogens is 332 g/mol. The van der Waals surface area contributed by atoms with Gasteiger partial charge in [0.2, 0.25) is 5.91 Å². The molecule has 3 rings (SSSR count). The maximum absolute atomic E-state index is 12.3. The van der Waals surface area contributed by atoms with Crippen molar-refractivity contribution in [3.8, 4) is 17.2 Å². The molecule has 0 aliphatic carbocycles. The second kappa shape index (κ2) is 7.47. The quantitative estimate of drug-likeness (QED) is 0.826. The second-order valence-corrected chi connectivity index (χ2v) is 5.91. The fourth-order valence-electron chi connectivity index (χ4n) is 3.28. The summed E-state index contributed by atoms with van der Waals surface area (Å²) in [6.45, 7) is 1.50. The van der Waals surface area contributed by atoms with Gasteiger partial charge in [-0.25, -0.2) is 5.01 Å². The number of ether oxygens (including phenoxy) is 3. The van der Waals surface area contributed by atoms with Gasteiger partial charge in [0.15, 0.2) is 0 Å². The maximum atomic E-state index is 12.3. The molecule has 0 saturated carbocycles. The van der Waals surface area contributed by atoms with Crippen molar-refractivity contribution < 1.29 is 19.0 Å². The van der Waals surface area contributed by atoms with Gasteiger partial charge < -0.3 is 14.2 Å². The van der Waals surface area contributed by atoms with Crippen LogP contribution in [0.4, 0.5) is 0 Å². The first-order chi connectivity index (χ1) is 12.6. The Kier molecular flexibility index (Phi) is 5.11. The van der Waals surface area contributed by atoms with E-state index in [4.69, 9.17) is 14.2 Å². The lowest BCUT2D eigenvalue weighted by atomic mass is 9.96. The van der Waals surface area contributed by atoms with Crippen LogP contribution in [0.2, 0.25) is 0 Å². The van der Waals surface area contributed by atoms with Gasteiger partial charge >= 0.3 is 0 Å². The number of hydrogen-bond donors (Lipinski definition) is 0. The number of amides is 1. The van der Waals surface area contributed by atoms with Crippen molar-refractivity contribution >= 4 is 11.6 Å². The highest BCUT2D eigenvalue weighted by Gasteiger charge is 2.36. The van der Waals surface area contributed by atoms with Crippen LogP contribution < -0.4 is 14.2 Å². The van der Waals surface area contributed by atoms with E-state index in [-0.39, 0.29) is 11.9 Å². The third-order valence-electron chi connectivity index (χ3n) is 4.45. The van der Waals surface area contributed by atoms with Gasteiger partial charge in [-0.15, -0.1) is 0 Å². The Hall–Kier alpha value is -3.02. The molecule has 0 saturated heterocycles. The van der Waals surface area contributed by atoms with Crippen LogP contribution in [0.5, 0.6) is 17.2 Å². The Bertz CT molecular complexity index is 825. The smallest absolute Gasteiger partial charge is 0.240 e. The first-order valence-corrected chi connectivity index (χ1v) is 8.32. The number of carbonyl (C=O) groups is 1. The zero-order chi connectivity index (χ0) is 18.7. The Morgan fingerprint density at radius 2 is 1.54 bits per heavy atom. The number of hydrazone groups is 1. The summed E-state index contributed by atoms with van der Waals surface area (Å²) >= 11 is 0. The molecule has 0 unspecified atom stereocenters. The van der Waals surface area contributed by atoms with Crippen molar-refractivity contribution in [1.82, 2.24) is 5.01 Å². The third kappa shape index (κ3) is 3.10. The highest BCUT2D eigenvalue weighted by molar-refractivity contribution is 6.05. The summed E-state index contributed by atoms with van der Waals surface area (Å²) in [5, 5.41) is 6.07. The average Bonchev–Trinajstić information content (AvgIpc) is 3.12. The van der Waals surface area contributed by atoms with Gasteiger partial charge in [0.05, 0.1) is 38.6 Å². The van der Waals surface area contributed by atoms with Gasteiger partial charge in [-0.2, -0.15) is 5.10 Å². The van der Waals surface area contributed by atoms with E-state index in [1.807, 2.05) is 42.5 Å². The minimum absolute atomic E-state index is 0.146. The van der Waals surface area contributed by atoms with E-state index < -0.39 is 0 Å². The van der Waals surface area contributed by atoms with E-state index in [9.17, 15) is 4.79 Å². The average molecular weight is 354 g/mol. The zero-order valence-corrected chi connectivity index (χ0v) is 15.4. The van der Waals surface area contributed by atoms with Crippen LogP contribution in [-0.2, 0) is 4.79 Å². The Labute approximate surface area is 153 Å². The molecule has 26 heavy (non-hydrogen) atoms. The summed E-state index contributed by atoms with van der Waals surface area (Å²) in [4.78, 5) is 12.3. The molecule has 1 atom stereocenters.